The summed E-state index contributed by atoms with van der Waals surface area (Å²) in [5.74, 6) is -1.17. The molecule has 0 saturated carbocycles. The van der Waals surface area contributed by atoms with Crippen LogP contribution in [0.25, 0.3) is 6.08 Å². The van der Waals surface area contributed by atoms with Crippen molar-refractivity contribution in [3.63, 3.8) is 0 Å². The molecule has 1 fully saturated rings. The van der Waals surface area contributed by atoms with Crippen molar-refractivity contribution in [2.24, 2.45) is 0 Å². The van der Waals surface area contributed by atoms with Crippen LogP contribution in [0.1, 0.15) is 5.56 Å². The minimum absolute atomic E-state index is 0.265. The molecule has 0 aromatic heterocycles. The molecular formula is C13H10BrNO5S. The van der Waals surface area contributed by atoms with Crippen molar-refractivity contribution in [2.75, 3.05) is 13.7 Å². The van der Waals surface area contributed by atoms with Crippen molar-refractivity contribution in [3.8, 4) is 5.75 Å². The first-order valence-corrected chi connectivity index (χ1v) is 7.35. The Bertz CT molecular complexity index is 658. The van der Waals surface area contributed by atoms with Crippen LogP contribution in [0.3, 0.4) is 0 Å². The molecule has 0 radical (unpaired) electrons. The Balaban J connectivity index is 2.34. The molecule has 110 valence electrons. The fourth-order valence-corrected chi connectivity index (χ4v) is 2.79. The van der Waals surface area contributed by atoms with Gasteiger partial charge in [0.15, 0.2) is 6.61 Å². The van der Waals surface area contributed by atoms with Gasteiger partial charge >= 0.3 is 5.97 Å². The molecule has 0 unspecified atom stereocenters. The Morgan fingerprint density at radius 3 is 2.76 bits per heavy atom. The highest BCUT2D eigenvalue weighted by atomic mass is 79.9. The first-order valence-electron chi connectivity index (χ1n) is 5.74. The van der Waals surface area contributed by atoms with Crippen LogP contribution >= 0.6 is 27.7 Å². The summed E-state index contributed by atoms with van der Waals surface area (Å²) in [6.07, 6.45) is 1.51. The number of carbonyl (C=O) groups excluding carboxylic acids is 2. The SMILES string of the molecule is CN1C(=O)S/C(=C\c2cc(Br)ccc2OCC(=O)O)C1=O. The molecule has 6 nitrogen and oxygen atoms in total. The van der Waals surface area contributed by atoms with Gasteiger partial charge in [0.2, 0.25) is 0 Å². The summed E-state index contributed by atoms with van der Waals surface area (Å²) in [4.78, 5) is 35.2. The number of rotatable bonds is 4. The normalized spacial score (nSPS) is 16.7. The first-order chi connectivity index (χ1) is 9.88. The number of nitrogens with zero attached hydrogens (tertiary/aromatic N) is 1. The van der Waals surface area contributed by atoms with Crippen LogP contribution in [0.2, 0.25) is 0 Å². The van der Waals surface area contributed by atoms with E-state index in [2.05, 4.69) is 15.9 Å². The molecule has 8 heteroatoms. The molecule has 1 aliphatic rings. The van der Waals surface area contributed by atoms with E-state index in [0.29, 0.717) is 11.3 Å². The molecule has 1 aromatic rings. The third kappa shape index (κ3) is 3.64. The number of likely N-dealkylation sites (N-methyl/N-ethyl adjacent to an activating group) is 1. The molecule has 1 N–H and O–H groups in total. The summed E-state index contributed by atoms with van der Waals surface area (Å²) in [5.41, 5.74) is 0.518. The van der Waals surface area contributed by atoms with E-state index in [1.54, 1.807) is 18.2 Å². The summed E-state index contributed by atoms with van der Waals surface area (Å²) >= 11 is 4.12. The number of carboxylic acid groups (broad SMARTS) is 1. The number of amides is 2. The number of thioether (sulfide) groups is 1. The Morgan fingerprint density at radius 2 is 2.19 bits per heavy atom. The van der Waals surface area contributed by atoms with Crippen LogP contribution in [0.4, 0.5) is 4.79 Å². The fraction of sp³-hybridized carbons (Fsp3) is 0.154. The number of carboxylic acids is 1. The van der Waals surface area contributed by atoms with E-state index in [9.17, 15) is 14.4 Å². The van der Waals surface area contributed by atoms with Crippen LogP contribution in [0.5, 0.6) is 5.75 Å². The van der Waals surface area contributed by atoms with Gasteiger partial charge in [0.1, 0.15) is 5.75 Å². The molecular weight excluding hydrogens is 362 g/mol. The Morgan fingerprint density at radius 1 is 1.48 bits per heavy atom. The van der Waals surface area contributed by atoms with Crippen LogP contribution in [0.15, 0.2) is 27.6 Å². The van der Waals surface area contributed by atoms with E-state index < -0.39 is 18.5 Å². The Hall–Kier alpha value is -1.80. The highest BCUT2D eigenvalue weighted by Crippen LogP contribution is 2.34. The van der Waals surface area contributed by atoms with E-state index in [1.165, 1.54) is 13.1 Å². The number of hydrogen-bond donors (Lipinski definition) is 1. The van der Waals surface area contributed by atoms with Gasteiger partial charge in [-0.25, -0.2) is 4.79 Å². The molecule has 2 amide bonds. The van der Waals surface area contributed by atoms with Gasteiger partial charge in [-0.15, -0.1) is 0 Å². The second-order valence-electron chi connectivity index (χ2n) is 4.11. The molecule has 1 aliphatic heterocycles. The minimum atomic E-state index is -1.10. The standard InChI is InChI=1S/C13H10BrNO5S/c1-15-12(18)10(21-13(15)19)5-7-4-8(14)2-3-9(7)20-6-11(16)17/h2-5H,6H2,1H3,(H,16,17)/b10-5-. The zero-order valence-electron chi connectivity index (χ0n) is 10.8. The number of benzene rings is 1. The maximum atomic E-state index is 11.9. The maximum absolute atomic E-state index is 11.9. The molecule has 1 aromatic carbocycles. The molecule has 2 rings (SSSR count). The van der Waals surface area contributed by atoms with Crippen molar-refractivity contribution in [1.82, 2.24) is 4.90 Å². The van der Waals surface area contributed by atoms with Crippen molar-refractivity contribution >= 4 is 50.9 Å². The van der Waals surface area contributed by atoms with Crippen molar-refractivity contribution < 1.29 is 24.2 Å². The van der Waals surface area contributed by atoms with Crippen LogP contribution < -0.4 is 4.74 Å². The highest BCUT2D eigenvalue weighted by molar-refractivity contribution is 9.10. The smallest absolute Gasteiger partial charge is 0.341 e. The van der Waals surface area contributed by atoms with E-state index >= 15 is 0 Å². The zero-order chi connectivity index (χ0) is 15.6. The molecule has 1 saturated heterocycles. The monoisotopic (exact) mass is 371 g/mol. The number of ether oxygens (including phenoxy) is 1. The van der Waals surface area contributed by atoms with Gasteiger partial charge in [0.05, 0.1) is 4.91 Å². The van der Waals surface area contributed by atoms with Gasteiger partial charge in [-0.05, 0) is 36.0 Å². The predicted octanol–water partition coefficient (Wildman–Crippen LogP) is 2.58. The van der Waals surface area contributed by atoms with Crippen LogP contribution in [-0.2, 0) is 9.59 Å². The first kappa shape index (κ1) is 15.6. The van der Waals surface area contributed by atoms with Gasteiger partial charge in [-0.3, -0.25) is 14.5 Å². The lowest BCUT2D eigenvalue weighted by molar-refractivity contribution is -0.139. The fourth-order valence-electron chi connectivity index (χ4n) is 1.59. The van der Waals surface area contributed by atoms with Crippen LogP contribution in [-0.4, -0.2) is 40.8 Å². The summed E-state index contributed by atoms with van der Waals surface area (Å²) in [7, 11) is 1.40. The van der Waals surface area contributed by atoms with E-state index in [0.717, 1.165) is 21.1 Å². The van der Waals surface area contributed by atoms with E-state index in [4.69, 9.17) is 9.84 Å². The van der Waals surface area contributed by atoms with Gasteiger partial charge in [0, 0.05) is 17.1 Å². The van der Waals surface area contributed by atoms with Gasteiger partial charge in [-0.2, -0.15) is 0 Å². The Kier molecular flexibility index (Phi) is 4.69. The summed E-state index contributed by atoms with van der Waals surface area (Å²) < 4.78 is 5.91. The van der Waals surface area contributed by atoms with Gasteiger partial charge in [0.25, 0.3) is 11.1 Å². The molecule has 1 heterocycles. The molecule has 0 aliphatic carbocycles. The largest absolute Gasteiger partial charge is 0.481 e. The maximum Gasteiger partial charge on any atom is 0.341 e. The third-order valence-electron chi connectivity index (χ3n) is 2.60. The lowest BCUT2D eigenvalue weighted by Gasteiger charge is -2.08. The summed E-state index contributed by atoms with van der Waals surface area (Å²) in [6.45, 7) is -0.488. The topological polar surface area (TPSA) is 83.9 Å². The van der Waals surface area contributed by atoms with E-state index in [-0.39, 0.29) is 10.1 Å². The average molecular weight is 372 g/mol. The van der Waals surface area contributed by atoms with E-state index in [1.807, 2.05) is 0 Å². The predicted molar refractivity (Wildman–Crippen MR) is 81.0 cm³/mol. The molecule has 21 heavy (non-hydrogen) atoms. The quantitative estimate of drug-likeness (QED) is 0.818. The minimum Gasteiger partial charge on any atom is -0.481 e. The Labute approximate surface area is 132 Å². The summed E-state index contributed by atoms with van der Waals surface area (Å²) in [6, 6.07) is 4.97. The highest BCUT2D eigenvalue weighted by Gasteiger charge is 2.32. The lowest BCUT2D eigenvalue weighted by atomic mass is 10.2. The second kappa shape index (κ2) is 6.31. The number of hydrogen-bond acceptors (Lipinski definition) is 5. The lowest BCUT2D eigenvalue weighted by Crippen LogP contribution is -2.22. The third-order valence-corrected chi connectivity index (χ3v) is 4.05. The average Bonchev–Trinajstić information content (AvgIpc) is 2.65. The molecule has 0 atom stereocenters. The van der Waals surface area contributed by atoms with Gasteiger partial charge in [-0.1, -0.05) is 15.9 Å². The zero-order valence-corrected chi connectivity index (χ0v) is 13.2. The van der Waals surface area contributed by atoms with Crippen molar-refractivity contribution in [3.05, 3.63) is 33.1 Å². The molecule has 0 spiro atoms. The molecule has 0 bridgehead atoms. The summed E-state index contributed by atoms with van der Waals surface area (Å²) in [5, 5.41) is 8.30. The van der Waals surface area contributed by atoms with Gasteiger partial charge < -0.3 is 9.84 Å². The number of imide groups is 1. The van der Waals surface area contributed by atoms with Crippen LogP contribution in [0, 0.1) is 0 Å². The van der Waals surface area contributed by atoms with Crippen molar-refractivity contribution in [1.29, 1.82) is 0 Å². The number of carbonyl (C=O) groups is 3. The number of aliphatic carboxylic acids is 1. The van der Waals surface area contributed by atoms with Crippen molar-refractivity contribution in [2.45, 2.75) is 0 Å². The number of halogens is 1. The second-order valence-corrected chi connectivity index (χ2v) is 6.01.